The van der Waals surface area contributed by atoms with E-state index in [0.29, 0.717) is 11.1 Å². The number of carbonyl (C=O) groups is 2. The largest absolute Gasteiger partial charge is 0.481 e. The molecule has 0 spiro atoms. The molecule has 0 fully saturated rings. The Bertz CT molecular complexity index is 822. The van der Waals surface area contributed by atoms with E-state index in [4.69, 9.17) is 0 Å². The number of nitrogens with zero attached hydrogens (tertiary/aromatic N) is 1. The lowest BCUT2D eigenvalue weighted by atomic mass is 9.80. The number of carboxylic acid groups (broad SMARTS) is 1. The summed E-state index contributed by atoms with van der Waals surface area (Å²) in [6.07, 6.45) is 0. The summed E-state index contributed by atoms with van der Waals surface area (Å²) in [5, 5.41) is 9.73. The van der Waals surface area contributed by atoms with Gasteiger partial charge in [-0.1, -0.05) is 24.3 Å². The Kier molecular flexibility index (Phi) is 4.05. The maximum absolute atomic E-state index is 13.7. The predicted molar refractivity (Wildman–Crippen MR) is 82.6 cm³/mol. The van der Waals surface area contributed by atoms with E-state index in [-0.39, 0.29) is 18.0 Å². The van der Waals surface area contributed by atoms with Crippen molar-refractivity contribution in [3.63, 3.8) is 0 Å². The summed E-state index contributed by atoms with van der Waals surface area (Å²) in [6, 6.07) is 8.83. The summed E-state index contributed by atoms with van der Waals surface area (Å²) < 4.78 is 26.9. The van der Waals surface area contributed by atoms with Crippen molar-refractivity contribution in [3.05, 3.63) is 70.8 Å². The van der Waals surface area contributed by atoms with Gasteiger partial charge in [0.25, 0.3) is 5.91 Å². The van der Waals surface area contributed by atoms with Gasteiger partial charge in [0.2, 0.25) is 0 Å². The van der Waals surface area contributed by atoms with Crippen LogP contribution in [0.2, 0.25) is 0 Å². The van der Waals surface area contributed by atoms with E-state index in [9.17, 15) is 23.5 Å². The first kappa shape index (κ1) is 16.1. The molecule has 0 saturated carbocycles. The van der Waals surface area contributed by atoms with Crippen LogP contribution in [0.15, 0.2) is 42.5 Å². The predicted octanol–water partition coefficient (Wildman–Crippen LogP) is 3.35. The second kappa shape index (κ2) is 6.03. The van der Waals surface area contributed by atoms with Gasteiger partial charge in [-0.25, -0.2) is 8.78 Å². The van der Waals surface area contributed by atoms with E-state index in [1.54, 1.807) is 31.2 Å². The summed E-state index contributed by atoms with van der Waals surface area (Å²) in [7, 11) is 0. The summed E-state index contributed by atoms with van der Waals surface area (Å²) in [5.41, 5.74) is 0.964. The highest BCUT2D eigenvalue weighted by molar-refractivity contribution is 6.00. The minimum absolute atomic E-state index is 0.251. The van der Waals surface area contributed by atoms with Crippen molar-refractivity contribution in [2.24, 2.45) is 0 Å². The fraction of sp³-hybridized carbons (Fsp3) is 0.222. The molecule has 2 aromatic rings. The minimum Gasteiger partial charge on any atom is -0.481 e. The molecule has 0 aromatic heterocycles. The van der Waals surface area contributed by atoms with Crippen LogP contribution in [0.3, 0.4) is 0 Å². The Hall–Kier alpha value is -2.76. The van der Waals surface area contributed by atoms with Crippen LogP contribution >= 0.6 is 0 Å². The highest BCUT2D eigenvalue weighted by Crippen LogP contribution is 2.42. The number of fused-ring (bicyclic) bond motifs is 1. The molecule has 124 valence electrons. The van der Waals surface area contributed by atoms with Gasteiger partial charge in [0, 0.05) is 12.1 Å². The highest BCUT2D eigenvalue weighted by atomic mass is 19.2. The number of benzene rings is 2. The smallest absolute Gasteiger partial charge is 0.313 e. The molecule has 6 heteroatoms. The summed E-state index contributed by atoms with van der Waals surface area (Å²) >= 11 is 0. The monoisotopic (exact) mass is 331 g/mol. The number of hydrogen-bond acceptors (Lipinski definition) is 2. The number of carboxylic acids is 1. The quantitative estimate of drug-likeness (QED) is 0.938. The van der Waals surface area contributed by atoms with Crippen LogP contribution in [0.1, 0.15) is 40.4 Å². The van der Waals surface area contributed by atoms with Crippen molar-refractivity contribution in [2.45, 2.75) is 18.9 Å². The molecule has 0 saturated heterocycles. The molecule has 0 aliphatic carbocycles. The fourth-order valence-electron chi connectivity index (χ4n) is 3.27. The van der Waals surface area contributed by atoms with Gasteiger partial charge in [-0.05, 0) is 36.2 Å². The van der Waals surface area contributed by atoms with Crippen LogP contribution in [0, 0.1) is 11.6 Å². The number of aliphatic carboxylic acids is 1. The minimum atomic E-state index is -1.12. The Morgan fingerprint density at radius 2 is 1.88 bits per heavy atom. The average molecular weight is 331 g/mol. The Labute approximate surface area is 137 Å². The Morgan fingerprint density at radius 3 is 2.50 bits per heavy atom. The molecule has 24 heavy (non-hydrogen) atoms. The number of rotatable bonds is 3. The van der Waals surface area contributed by atoms with E-state index in [2.05, 4.69) is 0 Å². The third kappa shape index (κ3) is 2.44. The van der Waals surface area contributed by atoms with E-state index in [1.165, 1.54) is 11.0 Å². The van der Waals surface area contributed by atoms with E-state index in [0.717, 1.165) is 12.1 Å². The number of likely N-dealkylation sites (N-methyl/N-ethyl adjacent to an activating group) is 1. The fourth-order valence-corrected chi connectivity index (χ4v) is 3.27. The SMILES string of the molecule is CCN1C(=O)c2ccccc2C(C(=O)O)C1c1ccc(F)c(F)c1. The zero-order chi connectivity index (χ0) is 17.4. The van der Waals surface area contributed by atoms with Gasteiger partial charge in [-0.15, -0.1) is 0 Å². The van der Waals surface area contributed by atoms with Crippen molar-refractivity contribution >= 4 is 11.9 Å². The maximum atomic E-state index is 13.7. The molecule has 4 nitrogen and oxygen atoms in total. The average Bonchev–Trinajstić information content (AvgIpc) is 2.57. The van der Waals surface area contributed by atoms with Crippen LogP contribution in [0.25, 0.3) is 0 Å². The molecule has 0 bridgehead atoms. The number of amides is 1. The third-order valence-corrected chi connectivity index (χ3v) is 4.33. The van der Waals surface area contributed by atoms with Gasteiger partial charge in [-0.3, -0.25) is 9.59 Å². The lowest BCUT2D eigenvalue weighted by molar-refractivity contribution is -0.140. The van der Waals surface area contributed by atoms with Crippen LogP contribution in [-0.2, 0) is 4.79 Å². The zero-order valence-corrected chi connectivity index (χ0v) is 12.9. The molecule has 1 N–H and O–H groups in total. The molecule has 3 rings (SSSR count). The molecule has 2 aromatic carbocycles. The topological polar surface area (TPSA) is 57.6 Å². The van der Waals surface area contributed by atoms with E-state index < -0.39 is 29.6 Å². The van der Waals surface area contributed by atoms with Crippen LogP contribution < -0.4 is 0 Å². The molecule has 1 amide bonds. The summed E-state index contributed by atoms with van der Waals surface area (Å²) in [5.74, 6) is -4.58. The molecular weight excluding hydrogens is 316 g/mol. The molecule has 0 radical (unpaired) electrons. The second-order valence-corrected chi connectivity index (χ2v) is 5.61. The Morgan fingerprint density at radius 1 is 1.17 bits per heavy atom. The van der Waals surface area contributed by atoms with Gasteiger partial charge in [0.1, 0.15) is 5.92 Å². The van der Waals surface area contributed by atoms with Crippen molar-refractivity contribution in [1.82, 2.24) is 4.90 Å². The van der Waals surface area contributed by atoms with Gasteiger partial charge in [0.15, 0.2) is 11.6 Å². The highest BCUT2D eigenvalue weighted by Gasteiger charge is 2.43. The summed E-state index contributed by atoms with van der Waals surface area (Å²) in [4.78, 5) is 26.0. The molecule has 1 heterocycles. The third-order valence-electron chi connectivity index (χ3n) is 4.33. The first-order valence-corrected chi connectivity index (χ1v) is 7.53. The lowest BCUT2D eigenvalue weighted by Crippen LogP contribution is -2.44. The van der Waals surface area contributed by atoms with Crippen molar-refractivity contribution in [1.29, 1.82) is 0 Å². The lowest BCUT2D eigenvalue weighted by Gasteiger charge is -2.40. The van der Waals surface area contributed by atoms with Crippen molar-refractivity contribution in [2.75, 3.05) is 6.54 Å². The number of hydrogen-bond donors (Lipinski definition) is 1. The van der Waals surface area contributed by atoms with Gasteiger partial charge < -0.3 is 10.0 Å². The maximum Gasteiger partial charge on any atom is 0.313 e. The van der Waals surface area contributed by atoms with Gasteiger partial charge in [0.05, 0.1) is 6.04 Å². The van der Waals surface area contributed by atoms with Crippen molar-refractivity contribution < 1.29 is 23.5 Å². The zero-order valence-electron chi connectivity index (χ0n) is 12.9. The van der Waals surface area contributed by atoms with Gasteiger partial charge >= 0.3 is 5.97 Å². The number of halogens is 2. The second-order valence-electron chi connectivity index (χ2n) is 5.61. The molecule has 1 aliphatic heterocycles. The van der Waals surface area contributed by atoms with Crippen LogP contribution in [0.4, 0.5) is 8.78 Å². The number of carbonyl (C=O) groups excluding carboxylic acids is 1. The van der Waals surface area contributed by atoms with Gasteiger partial charge in [-0.2, -0.15) is 0 Å². The first-order chi connectivity index (χ1) is 11.5. The Balaban J connectivity index is 2.23. The van der Waals surface area contributed by atoms with E-state index >= 15 is 0 Å². The van der Waals surface area contributed by atoms with Crippen molar-refractivity contribution in [3.8, 4) is 0 Å². The van der Waals surface area contributed by atoms with Crippen LogP contribution in [0.5, 0.6) is 0 Å². The van der Waals surface area contributed by atoms with E-state index in [1.807, 2.05) is 0 Å². The summed E-state index contributed by atoms with van der Waals surface area (Å²) in [6.45, 7) is 1.97. The standard InChI is InChI=1S/C18H15F2NO3/c1-2-21-16(10-7-8-13(19)14(20)9-10)15(18(23)24)11-5-3-4-6-12(11)17(21)22/h3-9,15-16H,2H2,1H3,(H,23,24). The molecule has 2 unspecified atom stereocenters. The van der Waals surface area contributed by atoms with Crippen LogP contribution in [-0.4, -0.2) is 28.4 Å². The molecule has 1 aliphatic rings. The molecular formula is C18H15F2NO3. The first-order valence-electron chi connectivity index (χ1n) is 7.53. The molecule has 2 atom stereocenters. The normalized spacial score (nSPS) is 20.0.